The van der Waals surface area contributed by atoms with Crippen LogP contribution in [0.2, 0.25) is 0 Å². The second kappa shape index (κ2) is 6.57. The van der Waals surface area contributed by atoms with Crippen LogP contribution in [0.4, 0.5) is 0 Å². The van der Waals surface area contributed by atoms with Gasteiger partial charge in [0, 0.05) is 11.4 Å². The van der Waals surface area contributed by atoms with Gasteiger partial charge in [0.15, 0.2) is 0 Å². The van der Waals surface area contributed by atoms with Crippen LogP contribution in [0.25, 0.3) is 0 Å². The van der Waals surface area contributed by atoms with E-state index in [-0.39, 0.29) is 0 Å². The van der Waals surface area contributed by atoms with Crippen molar-refractivity contribution in [3.63, 3.8) is 0 Å². The predicted molar refractivity (Wildman–Crippen MR) is 69.5 cm³/mol. The van der Waals surface area contributed by atoms with Gasteiger partial charge in [0.25, 0.3) is 0 Å². The number of benzene rings is 1. The zero-order chi connectivity index (χ0) is 12.0. The summed E-state index contributed by atoms with van der Waals surface area (Å²) >= 11 is 1.61. The monoisotopic (exact) mass is 234 g/mol. The average molecular weight is 234 g/mol. The summed E-state index contributed by atoms with van der Waals surface area (Å²) in [6.07, 6.45) is 1.99. The van der Waals surface area contributed by atoms with Crippen LogP contribution in [0.5, 0.6) is 0 Å². The van der Waals surface area contributed by atoms with E-state index < -0.39 is 0 Å². The van der Waals surface area contributed by atoms with Gasteiger partial charge in [-0.3, -0.25) is 0 Å². The molecule has 0 saturated heterocycles. The number of thioether (sulfide) groups is 1. The fourth-order valence-electron chi connectivity index (χ4n) is 1.46. The molecule has 3 heteroatoms. The quantitative estimate of drug-likeness (QED) is 0.795. The zero-order valence-electron chi connectivity index (χ0n) is 10.1. The number of hydrogen-bond acceptors (Lipinski definition) is 3. The molecule has 0 bridgehead atoms. The second-order valence-corrected chi connectivity index (χ2v) is 5.02. The molecule has 0 spiro atoms. The maximum atomic E-state index is 9.00. The Bertz CT molecular complexity index is 380. The summed E-state index contributed by atoms with van der Waals surface area (Å²) in [5, 5.41) is 12.4. The van der Waals surface area contributed by atoms with Crippen molar-refractivity contribution in [1.29, 1.82) is 5.26 Å². The minimum atomic E-state index is 0.654. The van der Waals surface area contributed by atoms with Crippen molar-refractivity contribution in [2.45, 2.75) is 25.3 Å². The van der Waals surface area contributed by atoms with Crippen LogP contribution in [0, 0.1) is 17.2 Å². The molecule has 1 aromatic carbocycles. The van der Waals surface area contributed by atoms with Gasteiger partial charge < -0.3 is 5.32 Å². The van der Waals surface area contributed by atoms with E-state index in [1.807, 2.05) is 18.4 Å². The van der Waals surface area contributed by atoms with Crippen molar-refractivity contribution in [3.8, 4) is 6.07 Å². The first kappa shape index (κ1) is 13.1. The molecule has 0 aliphatic heterocycles. The van der Waals surface area contributed by atoms with Crippen LogP contribution in [-0.2, 0) is 6.54 Å². The van der Waals surface area contributed by atoms with Crippen LogP contribution in [0.1, 0.15) is 25.0 Å². The van der Waals surface area contributed by atoms with Crippen molar-refractivity contribution < 1.29 is 0 Å². The van der Waals surface area contributed by atoms with E-state index in [1.54, 1.807) is 11.8 Å². The highest BCUT2D eigenvalue weighted by Crippen LogP contribution is 2.20. The third-order valence-electron chi connectivity index (χ3n) is 2.27. The molecular weight excluding hydrogens is 216 g/mol. The number of nitrogens with zero attached hydrogens (tertiary/aromatic N) is 1. The molecule has 86 valence electrons. The Morgan fingerprint density at radius 2 is 2.19 bits per heavy atom. The molecule has 1 rings (SSSR count). The first-order chi connectivity index (χ1) is 7.67. The smallest absolute Gasteiger partial charge is 0.100 e. The van der Waals surface area contributed by atoms with Crippen LogP contribution in [0.15, 0.2) is 23.1 Å². The van der Waals surface area contributed by atoms with Crippen LogP contribution in [0.3, 0.4) is 0 Å². The van der Waals surface area contributed by atoms with Gasteiger partial charge in [-0.15, -0.1) is 11.8 Å². The molecular formula is C13H18N2S. The van der Waals surface area contributed by atoms with Crippen LogP contribution >= 0.6 is 11.8 Å². The Balaban J connectivity index is 2.65. The highest BCUT2D eigenvalue weighted by Gasteiger charge is 2.02. The summed E-state index contributed by atoms with van der Waals surface area (Å²) in [7, 11) is 0. The third kappa shape index (κ3) is 3.88. The topological polar surface area (TPSA) is 35.8 Å². The van der Waals surface area contributed by atoms with Crippen LogP contribution in [-0.4, -0.2) is 12.8 Å². The summed E-state index contributed by atoms with van der Waals surface area (Å²) in [6, 6.07) is 8.32. The summed E-state index contributed by atoms with van der Waals surface area (Å²) in [5.74, 6) is 0.654. The molecule has 1 N–H and O–H groups in total. The molecule has 2 nitrogen and oxygen atoms in total. The van der Waals surface area contributed by atoms with E-state index in [9.17, 15) is 0 Å². The maximum Gasteiger partial charge on any atom is 0.100 e. The highest BCUT2D eigenvalue weighted by atomic mass is 32.2. The third-order valence-corrected chi connectivity index (χ3v) is 3.06. The minimum absolute atomic E-state index is 0.654. The van der Waals surface area contributed by atoms with Gasteiger partial charge in [0.2, 0.25) is 0 Å². The first-order valence-electron chi connectivity index (χ1n) is 5.45. The lowest BCUT2D eigenvalue weighted by Gasteiger charge is -2.08. The van der Waals surface area contributed by atoms with Crippen molar-refractivity contribution in [1.82, 2.24) is 5.32 Å². The van der Waals surface area contributed by atoms with Gasteiger partial charge in [-0.05, 0) is 36.4 Å². The lowest BCUT2D eigenvalue weighted by Crippen LogP contribution is -2.18. The molecule has 0 aliphatic carbocycles. The van der Waals surface area contributed by atoms with Gasteiger partial charge in [0.05, 0.1) is 5.56 Å². The Labute approximate surface area is 102 Å². The SMILES string of the molecule is CSc1ccc(CNCC(C)C)cc1C#N. The molecule has 0 aromatic heterocycles. The second-order valence-electron chi connectivity index (χ2n) is 4.17. The fourth-order valence-corrected chi connectivity index (χ4v) is 1.99. The van der Waals surface area contributed by atoms with E-state index >= 15 is 0 Å². The molecule has 0 radical (unpaired) electrons. The standard InChI is InChI=1S/C13H18N2S/c1-10(2)8-15-9-11-4-5-13(16-3)12(6-11)7-14/h4-6,10,15H,8-9H2,1-3H3. The summed E-state index contributed by atoms with van der Waals surface area (Å²) < 4.78 is 0. The lowest BCUT2D eigenvalue weighted by molar-refractivity contribution is 0.552. The Morgan fingerprint density at radius 3 is 2.75 bits per heavy atom. The zero-order valence-corrected chi connectivity index (χ0v) is 10.9. The molecule has 16 heavy (non-hydrogen) atoms. The molecule has 0 heterocycles. The van der Waals surface area contributed by atoms with Gasteiger partial charge >= 0.3 is 0 Å². The largest absolute Gasteiger partial charge is 0.312 e. The summed E-state index contributed by atoms with van der Waals surface area (Å²) in [4.78, 5) is 1.05. The fraction of sp³-hybridized carbons (Fsp3) is 0.462. The maximum absolute atomic E-state index is 9.00. The van der Waals surface area contributed by atoms with Gasteiger partial charge in [-0.25, -0.2) is 0 Å². The Kier molecular flexibility index (Phi) is 5.37. The van der Waals surface area contributed by atoms with Crippen LogP contribution < -0.4 is 5.32 Å². The summed E-state index contributed by atoms with van der Waals surface area (Å²) in [6.45, 7) is 6.21. The van der Waals surface area contributed by atoms with E-state index in [2.05, 4.69) is 31.3 Å². The summed E-state index contributed by atoms with van der Waals surface area (Å²) in [5.41, 5.74) is 1.95. The molecule has 1 aromatic rings. The number of rotatable bonds is 5. The van der Waals surface area contributed by atoms with E-state index in [0.717, 1.165) is 23.5 Å². The van der Waals surface area contributed by atoms with E-state index in [1.165, 1.54) is 5.56 Å². The van der Waals surface area contributed by atoms with Crippen molar-refractivity contribution >= 4 is 11.8 Å². The normalized spacial score (nSPS) is 10.4. The Morgan fingerprint density at radius 1 is 1.44 bits per heavy atom. The molecule has 0 atom stereocenters. The molecule has 0 amide bonds. The molecule has 0 unspecified atom stereocenters. The average Bonchev–Trinajstić information content (AvgIpc) is 2.28. The number of hydrogen-bond donors (Lipinski definition) is 1. The van der Waals surface area contributed by atoms with E-state index in [0.29, 0.717) is 5.92 Å². The Hall–Kier alpha value is -0.980. The van der Waals surface area contributed by atoms with Gasteiger partial charge in [-0.1, -0.05) is 19.9 Å². The predicted octanol–water partition coefficient (Wildman–Crippen LogP) is 3.03. The van der Waals surface area contributed by atoms with Crippen molar-refractivity contribution in [2.24, 2.45) is 5.92 Å². The molecule has 0 saturated carbocycles. The lowest BCUT2D eigenvalue weighted by atomic mass is 10.1. The molecule has 0 aliphatic rings. The van der Waals surface area contributed by atoms with Gasteiger partial charge in [-0.2, -0.15) is 5.26 Å². The van der Waals surface area contributed by atoms with Crippen molar-refractivity contribution in [2.75, 3.05) is 12.8 Å². The van der Waals surface area contributed by atoms with Crippen molar-refractivity contribution in [3.05, 3.63) is 29.3 Å². The van der Waals surface area contributed by atoms with E-state index in [4.69, 9.17) is 5.26 Å². The minimum Gasteiger partial charge on any atom is -0.312 e. The van der Waals surface area contributed by atoms with Gasteiger partial charge in [0.1, 0.15) is 6.07 Å². The number of nitrogens with one attached hydrogen (secondary N) is 1. The first-order valence-corrected chi connectivity index (χ1v) is 6.67. The molecule has 0 fully saturated rings. The highest BCUT2D eigenvalue weighted by molar-refractivity contribution is 7.98. The number of nitriles is 1.